The molecule has 0 heterocycles. The van der Waals surface area contributed by atoms with Crippen LogP contribution in [-0.2, 0) is 24.5 Å². The molecule has 0 saturated carbocycles. The number of carbonyl (C=O) groups is 2. The predicted molar refractivity (Wildman–Crippen MR) is 179 cm³/mol. The van der Waals surface area contributed by atoms with Gasteiger partial charge in [-0.1, -0.05) is 86.0 Å². The number of Topliss-reactive ketones (excluding diaryl/α,β-unsaturated/α-hetero) is 1. The van der Waals surface area contributed by atoms with Gasteiger partial charge in [0.05, 0.1) is 18.6 Å². The van der Waals surface area contributed by atoms with Gasteiger partial charge < -0.3 is 29.2 Å². The van der Waals surface area contributed by atoms with E-state index in [-0.39, 0.29) is 38.8 Å². The summed E-state index contributed by atoms with van der Waals surface area (Å²) in [6.07, 6.45) is -0.819. The zero-order chi connectivity index (χ0) is 33.4. The molecule has 2 atom stereocenters. The van der Waals surface area contributed by atoms with Crippen LogP contribution in [0.3, 0.4) is 0 Å². The van der Waals surface area contributed by atoms with Crippen molar-refractivity contribution in [1.82, 2.24) is 0 Å². The van der Waals surface area contributed by atoms with Crippen molar-refractivity contribution in [2.75, 3.05) is 33.0 Å². The highest BCUT2D eigenvalue weighted by atomic mass is 16.5. The first kappa shape index (κ1) is 33.3. The zero-order valence-electron chi connectivity index (χ0n) is 26.3. The first-order valence-electron chi connectivity index (χ1n) is 15.3. The average molecular weight is 635 g/mol. The van der Waals surface area contributed by atoms with E-state index in [9.17, 15) is 19.8 Å². The average Bonchev–Trinajstić information content (AvgIpc) is 3.40. The van der Waals surface area contributed by atoms with Gasteiger partial charge in [-0.2, -0.15) is 0 Å². The van der Waals surface area contributed by atoms with Crippen LogP contribution in [0, 0.1) is 0 Å². The van der Waals surface area contributed by atoms with Gasteiger partial charge in [-0.05, 0) is 64.6 Å². The molecule has 0 spiro atoms. The highest BCUT2D eigenvalue weighted by molar-refractivity contribution is 5.92. The topological polar surface area (TPSA) is 112 Å². The lowest BCUT2D eigenvalue weighted by Gasteiger charge is -2.34. The monoisotopic (exact) mass is 634 g/mol. The van der Waals surface area contributed by atoms with E-state index in [0.717, 1.165) is 39.5 Å². The summed E-state index contributed by atoms with van der Waals surface area (Å²) in [4.78, 5) is 22.6. The second-order valence-corrected chi connectivity index (χ2v) is 11.3. The third kappa shape index (κ3) is 7.36. The Kier molecular flexibility index (Phi) is 10.7. The summed E-state index contributed by atoms with van der Waals surface area (Å²) in [5, 5.41) is 20.5. The molecule has 0 aromatic heterocycles. The lowest BCUT2D eigenvalue weighted by Crippen LogP contribution is -2.28. The number of aliphatic hydroxyl groups excluding tert-OH is 2. The second kappa shape index (κ2) is 15.0. The Morgan fingerprint density at radius 2 is 1.19 bits per heavy atom. The van der Waals surface area contributed by atoms with Gasteiger partial charge in [0, 0.05) is 11.6 Å². The van der Waals surface area contributed by atoms with Crippen molar-refractivity contribution in [1.29, 1.82) is 0 Å². The minimum absolute atomic E-state index is 0.0164. The molecule has 0 bridgehead atoms. The molecule has 8 heteroatoms. The number of esters is 1. The third-order valence-corrected chi connectivity index (χ3v) is 8.08. The number of ether oxygens (including phenoxy) is 4. The van der Waals surface area contributed by atoms with Gasteiger partial charge in [-0.3, -0.25) is 4.79 Å². The second-order valence-electron chi connectivity index (χ2n) is 11.3. The van der Waals surface area contributed by atoms with Gasteiger partial charge in [0.15, 0.2) is 5.78 Å². The molecule has 0 radical (unpaired) electrons. The van der Waals surface area contributed by atoms with Crippen molar-refractivity contribution < 1.29 is 38.7 Å². The number of carbonyl (C=O) groups excluding carboxylic acids is 2. The number of fused-ring (bicyclic) bond motifs is 3. The smallest absolute Gasteiger partial charge is 0.330 e. The summed E-state index contributed by atoms with van der Waals surface area (Å²) in [6, 6.07) is 32.4. The van der Waals surface area contributed by atoms with E-state index in [4.69, 9.17) is 18.9 Å². The molecule has 5 rings (SSSR count). The molecule has 47 heavy (non-hydrogen) atoms. The lowest BCUT2D eigenvalue weighted by molar-refractivity contribution is -0.141. The molecule has 0 aliphatic heterocycles. The summed E-state index contributed by atoms with van der Waals surface area (Å²) in [5.41, 5.74) is 6.34. The predicted octanol–water partition coefficient (Wildman–Crippen LogP) is 5.42. The van der Waals surface area contributed by atoms with Gasteiger partial charge in [0.2, 0.25) is 0 Å². The van der Waals surface area contributed by atoms with E-state index in [1.54, 1.807) is 0 Å². The van der Waals surface area contributed by atoms with E-state index < -0.39 is 23.6 Å². The Bertz CT molecular complexity index is 1680. The van der Waals surface area contributed by atoms with Gasteiger partial charge >= 0.3 is 5.97 Å². The van der Waals surface area contributed by atoms with Crippen LogP contribution < -0.4 is 9.47 Å². The molecule has 0 saturated heterocycles. The summed E-state index contributed by atoms with van der Waals surface area (Å²) in [6.45, 7) is 8.29. The Hall–Kier alpha value is -5.02. The summed E-state index contributed by atoms with van der Waals surface area (Å²) in [5.74, 6) is 0.407. The fourth-order valence-electron chi connectivity index (χ4n) is 5.76. The number of hydrogen-bond donors (Lipinski definition) is 2. The van der Waals surface area contributed by atoms with Crippen molar-refractivity contribution in [3.63, 3.8) is 0 Å². The standard InChI is InChI=1S/C39H38O8/c1-4-38(43)47-25-31(42)24-46-33-19-15-29(16-20-33)39(36-11-7-5-9-34(36)35-10-6-8-12-37(35)39)28-13-17-32(18-14-28)45-23-30(41)22-44-21-26(2)27(3)40/h4-20,30-31,41-42H,1-2,21-25H2,3H3. The number of aliphatic hydroxyl groups is 2. The highest BCUT2D eigenvalue weighted by Gasteiger charge is 2.45. The third-order valence-electron chi connectivity index (χ3n) is 8.08. The number of hydrogen-bond acceptors (Lipinski definition) is 8. The highest BCUT2D eigenvalue weighted by Crippen LogP contribution is 2.56. The molecule has 242 valence electrons. The lowest BCUT2D eigenvalue weighted by atomic mass is 9.68. The van der Waals surface area contributed by atoms with Gasteiger partial charge in [0.1, 0.15) is 43.5 Å². The maximum atomic E-state index is 11.3. The van der Waals surface area contributed by atoms with Crippen molar-refractivity contribution in [3.8, 4) is 22.6 Å². The molecule has 4 aromatic rings. The zero-order valence-corrected chi connectivity index (χ0v) is 26.3. The van der Waals surface area contributed by atoms with Gasteiger partial charge in [-0.15, -0.1) is 0 Å². The first-order chi connectivity index (χ1) is 22.7. The van der Waals surface area contributed by atoms with Crippen molar-refractivity contribution in [2.24, 2.45) is 0 Å². The molecule has 8 nitrogen and oxygen atoms in total. The fraction of sp³-hybridized carbons (Fsp3) is 0.231. The Morgan fingerprint density at radius 3 is 1.66 bits per heavy atom. The number of rotatable bonds is 16. The molecular weight excluding hydrogens is 596 g/mol. The minimum atomic E-state index is -0.986. The molecule has 0 amide bonds. The molecule has 2 unspecified atom stereocenters. The minimum Gasteiger partial charge on any atom is -0.491 e. The van der Waals surface area contributed by atoms with Crippen LogP contribution in [-0.4, -0.2) is 67.2 Å². The van der Waals surface area contributed by atoms with Crippen LogP contribution in [0.4, 0.5) is 0 Å². The van der Waals surface area contributed by atoms with E-state index in [2.05, 4.69) is 37.4 Å². The molecule has 0 fully saturated rings. The maximum absolute atomic E-state index is 11.3. The van der Waals surface area contributed by atoms with Crippen LogP contribution in [0.2, 0.25) is 0 Å². The van der Waals surface area contributed by atoms with E-state index in [1.165, 1.54) is 6.92 Å². The van der Waals surface area contributed by atoms with E-state index in [0.29, 0.717) is 17.1 Å². The van der Waals surface area contributed by atoms with Crippen molar-refractivity contribution in [2.45, 2.75) is 24.5 Å². The normalized spacial score (nSPS) is 13.9. The summed E-state index contributed by atoms with van der Waals surface area (Å²) < 4.78 is 22.0. The van der Waals surface area contributed by atoms with Crippen LogP contribution >= 0.6 is 0 Å². The molecular formula is C39H38O8. The number of benzene rings is 4. The molecule has 2 N–H and O–H groups in total. The van der Waals surface area contributed by atoms with E-state index in [1.807, 2.05) is 72.8 Å². The molecule has 1 aliphatic rings. The summed E-state index contributed by atoms with van der Waals surface area (Å²) >= 11 is 0. The fourth-order valence-corrected chi connectivity index (χ4v) is 5.76. The first-order valence-corrected chi connectivity index (χ1v) is 15.3. The Morgan fingerprint density at radius 1 is 0.723 bits per heavy atom. The molecule has 4 aromatic carbocycles. The molecule has 1 aliphatic carbocycles. The summed E-state index contributed by atoms with van der Waals surface area (Å²) in [7, 11) is 0. The van der Waals surface area contributed by atoms with Crippen molar-refractivity contribution >= 4 is 11.8 Å². The SMILES string of the molecule is C=CC(=O)OCC(O)COc1ccc(C2(c3ccc(OCC(O)COCC(=C)C(C)=O)cc3)c3ccccc3-c3ccccc32)cc1. The van der Waals surface area contributed by atoms with Crippen LogP contribution in [0.25, 0.3) is 11.1 Å². The Labute approximate surface area is 274 Å². The Balaban J connectivity index is 1.39. The van der Waals surface area contributed by atoms with Crippen LogP contribution in [0.15, 0.2) is 122 Å². The maximum Gasteiger partial charge on any atom is 0.330 e. The van der Waals surface area contributed by atoms with Crippen LogP contribution in [0.1, 0.15) is 29.2 Å². The van der Waals surface area contributed by atoms with Crippen molar-refractivity contribution in [3.05, 3.63) is 144 Å². The van der Waals surface area contributed by atoms with Gasteiger partial charge in [0.25, 0.3) is 0 Å². The quantitative estimate of drug-likeness (QED) is 0.109. The van der Waals surface area contributed by atoms with Crippen LogP contribution in [0.5, 0.6) is 11.5 Å². The van der Waals surface area contributed by atoms with Gasteiger partial charge in [-0.25, -0.2) is 4.79 Å². The largest absolute Gasteiger partial charge is 0.491 e. The number of ketones is 1. The van der Waals surface area contributed by atoms with E-state index >= 15 is 0 Å².